The van der Waals surface area contributed by atoms with Crippen molar-refractivity contribution in [1.82, 2.24) is 0 Å². The van der Waals surface area contributed by atoms with Crippen molar-refractivity contribution in [2.45, 2.75) is 12.5 Å². The summed E-state index contributed by atoms with van der Waals surface area (Å²) >= 11 is 3.33. The highest BCUT2D eigenvalue weighted by Crippen LogP contribution is 2.18. The van der Waals surface area contributed by atoms with Gasteiger partial charge in [-0.3, -0.25) is 0 Å². The van der Waals surface area contributed by atoms with Crippen molar-refractivity contribution in [3.8, 4) is 5.75 Å². The van der Waals surface area contributed by atoms with Crippen LogP contribution in [0, 0.1) is 0 Å². The Hall–Kier alpha value is -2.07. The van der Waals surface area contributed by atoms with Crippen LogP contribution in [0.3, 0.4) is 0 Å². The molecule has 1 unspecified atom stereocenters. The van der Waals surface area contributed by atoms with Crippen LogP contribution in [0.5, 0.6) is 5.75 Å². The molecule has 0 fully saturated rings. The van der Waals surface area contributed by atoms with Gasteiger partial charge < -0.3 is 9.84 Å². The molecule has 0 heterocycles. The van der Waals surface area contributed by atoms with Crippen molar-refractivity contribution in [2.75, 3.05) is 0 Å². The van der Waals surface area contributed by atoms with Crippen LogP contribution in [0.2, 0.25) is 0 Å². The maximum Gasteiger partial charge on any atom is 0.345 e. The van der Waals surface area contributed by atoms with Gasteiger partial charge in [-0.15, -0.1) is 0 Å². The Kier molecular flexibility index (Phi) is 5.58. The van der Waals surface area contributed by atoms with E-state index in [1.54, 1.807) is 12.1 Å². The first-order valence-electron chi connectivity index (χ1n) is 6.52. The van der Waals surface area contributed by atoms with Gasteiger partial charge in [0.05, 0.1) is 0 Å². The van der Waals surface area contributed by atoms with Gasteiger partial charge in [-0.2, -0.15) is 0 Å². The van der Waals surface area contributed by atoms with E-state index in [9.17, 15) is 9.90 Å². The lowest BCUT2D eigenvalue weighted by molar-refractivity contribution is -0.144. The monoisotopic (exact) mass is 346 g/mol. The van der Waals surface area contributed by atoms with E-state index in [2.05, 4.69) is 15.9 Å². The van der Waals surface area contributed by atoms with Crippen molar-refractivity contribution in [2.24, 2.45) is 0 Å². The molecule has 2 rings (SSSR count). The van der Waals surface area contributed by atoms with Gasteiger partial charge in [0.25, 0.3) is 0 Å². The molecule has 0 aromatic heterocycles. The SMILES string of the molecule is O=C(O)C(CC=Cc1ccccc1)Oc1ccc(Br)cc1. The molecule has 0 bridgehead atoms. The second-order valence-corrected chi connectivity index (χ2v) is 5.36. The Labute approximate surface area is 132 Å². The van der Waals surface area contributed by atoms with Crippen LogP contribution in [-0.4, -0.2) is 17.2 Å². The minimum Gasteiger partial charge on any atom is -0.478 e. The zero-order valence-corrected chi connectivity index (χ0v) is 12.9. The van der Waals surface area contributed by atoms with Gasteiger partial charge in [-0.05, 0) is 29.8 Å². The fourth-order valence-corrected chi connectivity index (χ4v) is 2.03. The van der Waals surface area contributed by atoms with Crippen LogP contribution >= 0.6 is 15.9 Å². The van der Waals surface area contributed by atoms with Gasteiger partial charge in [0.1, 0.15) is 5.75 Å². The molecule has 0 aliphatic carbocycles. The highest BCUT2D eigenvalue weighted by molar-refractivity contribution is 9.10. The molecule has 1 atom stereocenters. The van der Waals surface area contributed by atoms with Gasteiger partial charge >= 0.3 is 5.97 Å². The molecule has 0 radical (unpaired) electrons. The largest absolute Gasteiger partial charge is 0.478 e. The molecule has 0 aliphatic heterocycles. The topological polar surface area (TPSA) is 46.5 Å². The molecule has 0 aliphatic rings. The fourth-order valence-electron chi connectivity index (χ4n) is 1.77. The summed E-state index contributed by atoms with van der Waals surface area (Å²) in [7, 11) is 0. The Morgan fingerprint density at radius 2 is 1.81 bits per heavy atom. The van der Waals surface area contributed by atoms with E-state index in [0.717, 1.165) is 10.0 Å². The number of aliphatic carboxylic acids is 1. The van der Waals surface area contributed by atoms with Crippen LogP contribution in [0.25, 0.3) is 6.08 Å². The van der Waals surface area contributed by atoms with E-state index in [-0.39, 0.29) is 0 Å². The lowest BCUT2D eigenvalue weighted by atomic mass is 10.1. The van der Waals surface area contributed by atoms with Gasteiger partial charge in [0.2, 0.25) is 0 Å². The fraction of sp³-hybridized carbons (Fsp3) is 0.118. The summed E-state index contributed by atoms with van der Waals surface area (Å²) in [5.41, 5.74) is 1.03. The number of hydrogen-bond acceptors (Lipinski definition) is 2. The molecular weight excluding hydrogens is 332 g/mol. The van der Waals surface area contributed by atoms with Crippen LogP contribution in [0.15, 0.2) is 65.1 Å². The maximum atomic E-state index is 11.2. The summed E-state index contributed by atoms with van der Waals surface area (Å²) < 4.78 is 6.42. The second-order valence-electron chi connectivity index (χ2n) is 4.45. The highest BCUT2D eigenvalue weighted by Gasteiger charge is 2.17. The molecule has 0 saturated carbocycles. The normalized spacial score (nSPS) is 12.2. The first kappa shape index (κ1) is 15.3. The molecule has 0 saturated heterocycles. The van der Waals surface area contributed by atoms with E-state index in [4.69, 9.17) is 4.74 Å². The lowest BCUT2D eigenvalue weighted by Gasteiger charge is -2.13. The number of halogens is 1. The van der Waals surface area contributed by atoms with Crippen LogP contribution in [0.4, 0.5) is 0 Å². The molecule has 0 spiro atoms. The summed E-state index contributed by atoms with van der Waals surface area (Å²) in [5.74, 6) is -0.436. The maximum absolute atomic E-state index is 11.2. The zero-order chi connectivity index (χ0) is 15.1. The summed E-state index contributed by atoms with van der Waals surface area (Å²) in [5, 5.41) is 9.22. The number of rotatable bonds is 6. The molecule has 108 valence electrons. The summed E-state index contributed by atoms with van der Waals surface area (Å²) in [6.07, 6.45) is 3.11. The first-order chi connectivity index (χ1) is 10.1. The Bertz CT molecular complexity index is 606. The number of carboxylic acid groups (broad SMARTS) is 1. The molecule has 2 aromatic carbocycles. The van der Waals surface area contributed by atoms with E-state index < -0.39 is 12.1 Å². The Morgan fingerprint density at radius 3 is 2.43 bits per heavy atom. The summed E-state index contributed by atoms with van der Waals surface area (Å²) in [4.78, 5) is 11.2. The quantitative estimate of drug-likeness (QED) is 0.843. The minimum atomic E-state index is -0.976. The smallest absolute Gasteiger partial charge is 0.345 e. The number of carbonyl (C=O) groups is 1. The van der Waals surface area contributed by atoms with Crippen molar-refractivity contribution in [3.63, 3.8) is 0 Å². The van der Waals surface area contributed by atoms with Gasteiger partial charge in [0.15, 0.2) is 6.10 Å². The van der Waals surface area contributed by atoms with Crippen LogP contribution in [-0.2, 0) is 4.79 Å². The Balaban J connectivity index is 1.98. The number of benzene rings is 2. The second kappa shape index (κ2) is 7.64. The van der Waals surface area contributed by atoms with E-state index in [1.165, 1.54) is 0 Å². The van der Waals surface area contributed by atoms with Gasteiger partial charge in [-0.25, -0.2) is 4.79 Å². The van der Waals surface area contributed by atoms with Gasteiger partial charge in [0, 0.05) is 10.9 Å². The molecule has 1 N–H and O–H groups in total. The zero-order valence-electron chi connectivity index (χ0n) is 11.3. The van der Waals surface area contributed by atoms with E-state index in [1.807, 2.05) is 54.6 Å². The highest BCUT2D eigenvalue weighted by atomic mass is 79.9. The van der Waals surface area contributed by atoms with E-state index >= 15 is 0 Å². The number of ether oxygens (including phenoxy) is 1. The molecule has 2 aromatic rings. The standard InChI is InChI=1S/C17H15BrO3/c18-14-9-11-15(12-10-14)21-16(17(19)20)8-4-7-13-5-2-1-3-6-13/h1-7,9-12,16H,8H2,(H,19,20). The molecule has 21 heavy (non-hydrogen) atoms. The molecule has 0 amide bonds. The van der Waals surface area contributed by atoms with Crippen molar-refractivity contribution >= 4 is 28.0 Å². The van der Waals surface area contributed by atoms with Crippen molar-refractivity contribution < 1.29 is 14.6 Å². The van der Waals surface area contributed by atoms with Gasteiger partial charge in [-0.1, -0.05) is 58.4 Å². The van der Waals surface area contributed by atoms with Crippen molar-refractivity contribution in [3.05, 3.63) is 70.7 Å². The first-order valence-corrected chi connectivity index (χ1v) is 7.31. The predicted octanol–water partition coefficient (Wildman–Crippen LogP) is 4.38. The van der Waals surface area contributed by atoms with Crippen molar-refractivity contribution in [1.29, 1.82) is 0 Å². The Morgan fingerprint density at radius 1 is 1.14 bits per heavy atom. The average Bonchev–Trinajstić information content (AvgIpc) is 2.49. The summed E-state index contributed by atoms with van der Waals surface area (Å²) in [6.45, 7) is 0. The number of hydrogen-bond donors (Lipinski definition) is 1. The van der Waals surface area contributed by atoms with Crippen LogP contribution < -0.4 is 4.74 Å². The third-order valence-corrected chi connectivity index (χ3v) is 3.36. The number of carboxylic acids is 1. The lowest BCUT2D eigenvalue weighted by Crippen LogP contribution is -2.26. The molecular formula is C17H15BrO3. The predicted molar refractivity (Wildman–Crippen MR) is 86.3 cm³/mol. The van der Waals surface area contributed by atoms with Crippen LogP contribution in [0.1, 0.15) is 12.0 Å². The average molecular weight is 347 g/mol. The summed E-state index contributed by atoms with van der Waals surface area (Å²) in [6, 6.07) is 16.8. The third-order valence-electron chi connectivity index (χ3n) is 2.83. The van der Waals surface area contributed by atoms with E-state index in [0.29, 0.717) is 12.2 Å². The molecule has 3 nitrogen and oxygen atoms in total. The minimum absolute atomic E-state index is 0.306. The third kappa shape index (κ3) is 5.08. The molecule has 4 heteroatoms.